The number of aromatic amines is 1. The van der Waals surface area contributed by atoms with Crippen LogP contribution >= 0.6 is 7.75 Å². The lowest BCUT2D eigenvalue weighted by molar-refractivity contribution is -0.142. The molecule has 1 aliphatic heterocycles. The number of aryl methyl sites for hydroxylation is 2. The molecule has 12 heteroatoms. The van der Waals surface area contributed by atoms with Gasteiger partial charge in [-0.25, -0.2) is 9.36 Å². The second-order valence-corrected chi connectivity index (χ2v) is 9.15. The molecule has 0 unspecified atom stereocenters. The Morgan fingerprint density at radius 2 is 1.97 bits per heavy atom. The van der Waals surface area contributed by atoms with Gasteiger partial charge in [0.25, 0.3) is 5.56 Å². The third-order valence-electron chi connectivity index (χ3n) is 4.85. The number of ether oxygens (including phenoxy) is 2. The second kappa shape index (κ2) is 10.3. The van der Waals surface area contributed by atoms with Crippen LogP contribution in [0.2, 0.25) is 0 Å². The molecular weight excluding hydrogens is 453 g/mol. The summed E-state index contributed by atoms with van der Waals surface area (Å²) in [6, 6.07) is 5.95. The fraction of sp³-hybridized carbons (Fsp3) is 0.381. The molecule has 2 N–H and O–H groups in total. The molecule has 0 saturated heterocycles. The van der Waals surface area contributed by atoms with Crippen molar-refractivity contribution in [3.8, 4) is 5.75 Å². The molecule has 0 spiro atoms. The van der Waals surface area contributed by atoms with E-state index in [0.29, 0.717) is 11.3 Å². The lowest BCUT2D eigenvalue weighted by atomic mass is 10.2. The number of esters is 1. The van der Waals surface area contributed by atoms with Crippen LogP contribution in [-0.2, 0) is 23.4 Å². The summed E-state index contributed by atoms with van der Waals surface area (Å²) in [6.07, 6.45) is 3.20. The maximum atomic E-state index is 13.5. The fourth-order valence-corrected chi connectivity index (χ4v) is 4.60. The van der Waals surface area contributed by atoms with Crippen molar-refractivity contribution in [2.75, 3.05) is 13.7 Å². The number of para-hydroxylation sites is 1. The maximum Gasteiger partial charge on any atom is 0.459 e. The molecule has 178 valence electrons. The van der Waals surface area contributed by atoms with Crippen molar-refractivity contribution in [2.45, 2.75) is 39.1 Å². The fourth-order valence-electron chi connectivity index (χ4n) is 3.03. The molecule has 33 heavy (non-hydrogen) atoms. The lowest BCUT2D eigenvalue weighted by Gasteiger charge is -2.24. The average Bonchev–Trinajstić information content (AvgIpc) is 3.25. The minimum atomic E-state index is -4.04. The Kier molecular flexibility index (Phi) is 7.70. The van der Waals surface area contributed by atoms with E-state index in [2.05, 4.69) is 14.8 Å². The molecule has 0 aliphatic carbocycles. The Morgan fingerprint density at radius 1 is 1.24 bits per heavy atom. The van der Waals surface area contributed by atoms with Crippen LogP contribution in [0.3, 0.4) is 0 Å². The van der Waals surface area contributed by atoms with Crippen LogP contribution in [0.25, 0.3) is 0 Å². The summed E-state index contributed by atoms with van der Waals surface area (Å²) in [5.74, 6) is -0.321. The molecule has 0 fully saturated rings. The van der Waals surface area contributed by atoms with E-state index < -0.39 is 43.3 Å². The zero-order chi connectivity index (χ0) is 24.2. The molecule has 2 heterocycles. The van der Waals surface area contributed by atoms with E-state index in [1.807, 2.05) is 0 Å². The van der Waals surface area contributed by atoms with Gasteiger partial charge in [0.2, 0.25) is 0 Å². The first-order valence-corrected chi connectivity index (χ1v) is 11.7. The number of carbonyl (C=O) groups is 1. The first kappa shape index (κ1) is 24.7. The van der Waals surface area contributed by atoms with Crippen LogP contribution in [0.1, 0.15) is 24.3 Å². The summed E-state index contributed by atoms with van der Waals surface area (Å²) in [4.78, 5) is 37.7. The summed E-state index contributed by atoms with van der Waals surface area (Å²) in [7, 11) is -2.83. The molecule has 0 saturated carbocycles. The van der Waals surface area contributed by atoms with Crippen molar-refractivity contribution in [1.29, 1.82) is 0 Å². The van der Waals surface area contributed by atoms with Crippen LogP contribution < -0.4 is 20.9 Å². The average molecular weight is 479 g/mol. The molecule has 0 bridgehead atoms. The number of hydrogen-bond acceptors (Lipinski definition) is 8. The van der Waals surface area contributed by atoms with E-state index in [1.165, 1.54) is 24.8 Å². The van der Waals surface area contributed by atoms with Gasteiger partial charge in [-0.05, 0) is 38.5 Å². The number of aromatic nitrogens is 2. The van der Waals surface area contributed by atoms with Crippen molar-refractivity contribution >= 4 is 13.7 Å². The lowest BCUT2D eigenvalue weighted by Crippen LogP contribution is -2.35. The third kappa shape index (κ3) is 6.08. The Bertz CT molecular complexity index is 1200. The third-order valence-corrected chi connectivity index (χ3v) is 6.48. The first-order chi connectivity index (χ1) is 15.6. The topological polar surface area (TPSA) is 138 Å². The highest BCUT2D eigenvalue weighted by molar-refractivity contribution is 7.52. The molecule has 0 radical (unpaired) electrons. The van der Waals surface area contributed by atoms with E-state index in [9.17, 15) is 18.9 Å². The largest absolute Gasteiger partial charge is 0.468 e. The highest BCUT2D eigenvalue weighted by atomic mass is 31.2. The summed E-state index contributed by atoms with van der Waals surface area (Å²) in [5, 5.41) is 2.57. The summed E-state index contributed by atoms with van der Waals surface area (Å²) in [6.45, 7) is 4.62. The van der Waals surface area contributed by atoms with Gasteiger partial charge in [-0.1, -0.05) is 24.3 Å². The Hall–Kier alpha value is -2.98. The summed E-state index contributed by atoms with van der Waals surface area (Å²) in [5.41, 5.74) is -0.0238. The number of nitrogens with one attached hydrogen (secondary N) is 2. The number of rotatable bonds is 9. The number of H-pyrrole nitrogens is 1. The van der Waals surface area contributed by atoms with Crippen LogP contribution in [0.4, 0.5) is 0 Å². The molecular formula is C21H26N3O8P. The van der Waals surface area contributed by atoms with E-state index in [-0.39, 0.29) is 6.61 Å². The normalized spacial score (nSPS) is 20.2. The quantitative estimate of drug-likeness (QED) is 0.314. The predicted molar refractivity (Wildman–Crippen MR) is 119 cm³/mol. The van der Waals surface area contributed by atoms with Crippen molar-refractivity contribution in [2.24, 2.45) is 0 Å². The van der Waals surface area contributed by atoms with Gasteiger partial charge in [-0.15, -0.1) is 0 Å². The number of methoxy groups -OCH3 is 1. The minimum Gasteiger partial charge on any atom is -0.468 e. The van der Waals surface area contributed by atoms with E-state index >= 15 is 0 Å². The SMILES string of the molecule is COC(=O)[C@H](C)N[P@](=O)(OC[C@@H]1C=C[C@H](n2cc(C)c(=O)[nH]c2=O)O1)Oc1ccccc1C. The van der Waals surface area contributed by atoms with Gasteiger partial charge in [-0.2, -0.15) is 5.09 Å². The van der Waals surface area contributed by atoms with Crippen LogP contribution in [-0.4, -0.2) is 41.4 Å². The number of hydrogen-bond donors (Lipinski definition) is 2. The monoisotopic (exact) mass is 479 g/mol. The van der Waals surface area contributed by atoms with Gasteiger partial charge < -0.3 is 14.0 Å². The maximum absolute atomic E-state index is 13.5. The van der Waals surface area contributed by atoms with Gasteiger partial charge >= 0.3 is 19.4 Å². The van der Waals surface area contributed by atoms with Gasteiger partial charge in [-0.3, -0.25) is 23.7 Å². The van der Waals surface area contributed by atoms with E-state index in [1.54, 1.807) is 50.3 Å². The molecule has 2 aromatic rings. The second-order valence-electron chi connectivity index (χ2n) is 7.45. The molecule has 4 atom stereocenters. The van der Waals surface area contributed by atoms with Crippen molar-refractivity contribution < 1.29 is 27.9 Å². The Balaban J connectivity index is 1.72. The van der Waals surface area contributed by atoms with Crippen molar-refractivity contribution in [3.05, 3.63) is 74.6 Å². The van der Waals surface area contributed by atoms with Crippen LogP contribution in [0.15, 0.2) is 52.2 Å². The molecule has 1 aromatic carbocycles. The number of carbonyl (C=O) groups excluding carboxylic acids is 1. The number of benzene rings is 1. The molecule has 0 amide bonds. The Morgan fingerprint density at radius 3 is 2.67 bits per heavy atom. The van der Waals surface area contributed by atoms with Gasteiger partial charge in [0, 0.05) is 11.8 Å². The van der Waals surface area contributed by atoms with Gasteiger partial charge in [0.05, 0.1) is 13.7 Å². The van der Waals surface area contributed by atoms with E-state index in [0.717, 1.165) is 5.56 Å². The predicted octanol–water partition coefficient (Wildman–Crippen LogP) is 1.96. The highest BCUT2D eigenvalue weighted by Crippen LogP contribution is 2.46. The molecule has 11 nitrogen and oxygen atoms in total. The zero-order valence-electron chi connectivity index (χ0n) is 18.6. The van der Waals surface area contributed by atoms with Crippen LogP contribution in [0.5, 0.6) is 5.75 Å². The molecule has 1 aliphatic rings. The first-order valence-electron chi connectivity index (χ1n) is 10.1. The van der Waals surface area contributed by atoms with Gasteiger partial charge in [0.15, 0.2) is 6.23 Å². The van der Waals surface area contributed by atoms with Crippen LogP contribution in [0, 0.1) is 13.8 Å². The smallest absolute Gasteiger partial charge is 0.459 e. The summed E-state index contributed by atoms with van der Waals surface area (Å²) < 4.78 is 36.4. The zero-order valence-corrected chi connectivity index (χ0v) is 19.5. The van der Waals surface area contributed by atoms with E-state index in [4.69, 9.17) is 13.8 Å². The number of nitrogens with zero attached hydrogens (tertiary/aromatic N) is 1. The standard InChI is InChI=1S/C21H26N3O8P/c1-13-7-5-6-8-17(13)32-33(28,23-15(3)20(26)29-4)30-12-16-9-10-18(31-16)24-11-14(2)19(25)22-21(24)27/h5-11,15-16,18H,12H2,1-4H3,(H,23,28)(H,22,25,27)/t15-,16-,18+,33-/m0/s1. The molecule has 1 aromatic heterocycles. The minimum absolute atomic E-state index is 0.200. The van der Waals surface area contributed by atoms with Gasteiger partial charge in [0.1, 0.15) is 17.9 Å². The highest BCUT2D eigenvalue weighted by Gasteiger charge is 2.34. The van der Waals surface area contributed by atoms with Crippen molar-refractivity contribution in [3.63, 3.8) is 0 Å². The summed E-state index contributed by atoms with van der Waals surface area (Å²) >= 11 is 0. The van der Waals surface area contributed by atoms with Crippen molar-refractivity contribution in [1.82, 2.24) is 14.6 Å². The molecule has 3 rings (SSSR count). The Labute approximate surface area is 189 Å².